The largest absolute Gasteiger partial charge is 0.333 e. The third kappa shape index (κ3) is 2.41. The van der Waals surface area contributed by atoms with Gasteiger partial charge in [0.05, 0.1) is 32.5 Å². The normalized spacial score (nSPS) is 50.9. The van der Waals surface area contributed by atoms with Crippen LogP contribution >= 0.6 is 17.0 Å². The molecule has 5 fully saturated rings. The molecule has 21 heavy (non-hydrogen) atoms. The molecule has 5 aliphatic rings. The number of rotatable bonds is 2. The van der Waals surface area contributed by atoms with Crippen molar-refractivity contribution in [2.24, 2.45) is 10.8 Å². The molecular weight excluding hydrogens is 310 g/mol. The smallest absolute Gasteiger partial charge is 0.333 e. The zero-order valence-electron chi connectivity index (χ0n) is 12.7. The molecule has 0 radical (unpaired) electrons. The Hall–Kier alpha value is 0.660. The van der Waals surface area contributed by atoms with Crippen molar-refractivity contribution < 1.29 is 22.6 Å². The van der Waals surface area contributed by atoms with Gasteiger partial charge in [-0.1, -0.05) is 20.3 Å². The average Bonchev–Trinajstić information content (AvgIpc) is 2.55. The molecule has 2 bridgehead atoms. The summed E-state index contributed by atoms with van der Waals surface area (Å²) < 4.78 is 29.9. The van der Waals surface area contributed by atoms with Crippen molar-refractivity contribution in [3.8, 4) is 0 Å². The summed E-state index contributed by atoms with van der Waals surface area (Å²) in [5.41, 5.74) is 0.548. The summed E-state index contributed by atoms with van der Waals surface area (Å²) in [6.45, 7) is 7.53. The van der Waals surface area contributed by atoms with E-state index in [1.807, 2.05) is 0 Å². The van der Waals surface area contributed by atoms with Crippen molar-refractivity contribution in [1.82, 2.24) is 0 Å². The molecular formula is C14H24O5P2. The van der Waals surface area contributed by atoms with Gasteiger partial charge in [-0.2, -0.15) is 0 Å². The lowest BCUT2D eigenvalue weighted by atomic mass is 9.60. The number of hydrogen-bond acceptors (Lipinski definition) is 5. The van der Waals surface area contributed by atoms with E-state index in [9.17, 15) is 0 Å². The third-order valence-electron chi connectivity index (χ3n) is 5.48. The van der Waals surface area contributed by atoms with Crippen LogP contribution in [0.25, 0.3) is 0 Å². The van der Waals surface area contributed by atoms with Gasteiger partial charge in [-0.05, 0) is 19.3 Å². The molecule has 0 aromatic heterocycles. The van der Waals surface area contributed by atoms with Gasteiger partial charge in [-0.15, -0.1) is 0 Å². The lowest BCUT2D eigenvalue weighted by molar-refractivity contribution is -0.210. The standard InChI is InChI=1S/C14H24O5P2/c1-3-11(2)20-15-7-13(8-16-20)5-4-6-14-9-17-21(18-10-14)19-12(13)14/h11-12H,3-10H2,1-2H3. The monoisotopic (exact) mass is 334 g/mol. The highest BCUT2D eigenvalue weighted by atomic mass is 31.2. The van der Waals surface area contributed by atoms with E-state index in [0.717, 1.165) is 45.7 Å². The molecule has 4 heterocycles. The molecule has 0 aromatic rings. The number of fused-ring (bicyclic) bond motifs is 2. The van der Waals surface area contributed by atoms with E-state index in [-0.39, 0.29) is 16.9 Å². The molecule has 4 saturated heterocycles. The van der Waals surface area contributed by atoms with E-state index in [0.29, 0.717) is 5.66 Å². The van der Waals surface area contributed by atoms with Gasteiger partial charge in [0, 0.05) is 16.5 Å². The minimum Gasteiger partial charge on any atom is -0.333 e. The summed E-state index contributed by atoms with van der Waals surface area (Å²) in [5, 5.41) is 0. The zero-order chi connectivity index (χ0) is 14.5. The molecule has 2 atom stereocenters. The van der Waals surface area contributed by atoms with Crippen LogP contribution < -0.4 is 0 Å². The Bertz CT molecular complexity index is 385. The van der Waals surface area contributed by atoms with E-state index in [1.165, 1.54) is 6.42 Å². The maximum absolute atomic E-state index is 6.17. The van der Waals surface area contributed by atoms with Crippen LogP contribution in [-0.2, 0) is 22.6 Å². The van der Waals surface area contributed by atoms with Crippen LogP contribution in [-0.4, -0.2) is 38.2 Å². The van der Waals surface area contributed by atoms with Crippen molar-refractivity contribution in [3.05, 3.63) is 0 Å². The van der Waals surface area contributed by atoms with Gasteiger partial charge in [0.2, 0.25) is 0 Å². The molecule has 0 N–H and O–H groups in total. The molecule has 1 saturated carbocycles. The van der Waals surface area contributed by atoms with Gasteiger partial charge in [0.1, 0.15) is 0 Å². The van der Waals surface area contributed by atoms with Gasteiger partial charge in [-0.25, -0.2) is 0 Å². The predicted molar refractivity (Wildman–Crippen MR) is 81.0 cm³/mol. The molecule has 1 aliphatic carbocycles. The summed E-state index contributed by atoms with van der Waals surface area (Å²) in [7, 11) is -1.87. The molecule has 5 rings (SSSR count). The summed E-state index contributed by atoms with van der Waals surface area (Å²) in [5.74, 6) is 0. The molecule has 5 nitrogen and oxygen atoms in total. The van der Waals surface area contributed by atoms with Crippen LogP contribution in [0.4, 0.5) is 0 Å². The fourth-order valence-corrected chi connectivity index (χ4v) is 7.17. The topological polar surface area (TPSA) is 46.2 Å². The summed E-state index contributed by atoms with van der Waals surface area (Å²) in [4.78, 5) is 0. The fraction of sp³-hybridized carbons (Fsp3) is 1.00. The first kappa shape index (κ1) is 15.2. The predicted octanol–water partition coefficient (Wildman–Crippen LogP) is 3.97. The van der Waals surface area contributed by atoms with Crippen LogP contribution in [0.3, 0.4) is 0 Å². The van der Waals surface area contributed by atoms with E-state index in [4.69, 9.17) is 22.6 Å². The van der Waals surface area contributed by atoms with Crippen LogP contribution in [0.15, 0.2) is 0 Å². The molecule has 7 heteroatoms. The Morgan fingerprint density at radius 1 is 1.00 bits per heavy atom. The quantitative estimate of drug-likeness (QED) is 0.715. The van der Waals surface area contributed by atoms with Gasteiger partial charge in [0.15, 0.2) is 8.38 Å². The first-order chi connectivity index (χ1) is 10.2. The van der Waals surface area contributed by atoms with E-state index < -0.39 is 17.0 Å². The van der Waals surface area contributed by atoms with Gasteiger partial charge in [0.25, 0.3) is 0 Å². The highest BCUT2D eigenvalue weighted by Gasteiger charge is 2.63. The van der Waals surface area contributed by atoms with Gasteiger partial charge < -0.3 is 22.6 Å². The van der Waals surface area contributed by atoms with E-state index in [1.54, 1.807) is 0 Å². The Kier molecular flexibility index (Phi) is 4.08. The molecule has 2 unspecified atom stereocenters. The first-order valence-electron chi connectivity index (χ1n) is 7.95. The molecule has 120 valence electrons. The van der Waals surface area contributed by atoms with Crippen molar-refractivity contribution >= 4 is 17.0 Å². The summed E-state index contributed by atoms with van der Waals surface area (Å²) in [6, 6.07) is 0. The van der Waals surface area contributed by atoms with Crippen LogP contribution in [0.2, 0.25) is 0 Å². The summed E-state index contributed by atoms with van der Waals surface area (Å²) in [6.07, 6.45) is 4.73. The minimum absolute atomic E-state index is 0.0126. The highest BCUT2D eigenvalue weighted by Crippen LogP contribution is 2.66. The number of hydrogen-bond donors (Lipinski definition) is 0. The van der Waals surface area contributed by atoms with Crippen molar-refractivity contribution in [1.29, 1.82) is 0 Å². The Morgan fingerprint density at radius 3 is 2.14 bits per heavy atom. The first-order valence-corrected chi connectivity index (χ1v) is 10.3. The van der Waals surface area contributed by atoms with E-state index >= 15 is 0 Å². The second-order valence-corrected chi connectivity index (χ2v) is 10.1. The van der Waals surface area contributed by atoms with Crippen LogP contribution in [0, 0.1) is 10.8 Å². The molecule has 0 aromatic carbocycles. The Labute approximate surface area is 128 Å². The molecule has 4 aliphatic heterocycles. The second-order valence-electron chi connectivity index (χ2n) is 6.92. The Morgan fingerprint density at radius 2 is 1.57 bits per heavy atom. The van der Waals surface area contributed by atoms with Crippen molar-refractivity contribution in [2.45, 2.75) is 51.3 Å². The van der Waals surface area contributed by atoms with Crippen LogP contribution in [0.5, 0.6) is 0 Å². The highest BCUT2D eigenvalue weighted by molar-refractivity contribution is 7.48. The van der Waals surface area contributed by atoms with Gasteiger partial charge >= 0.3 is 8.60 Å². The van der Waals surface area contributed by atoms with E-state index in [2.05, 4.69) is 13.8 Å². The van der Waals surface area contributed by atoms with Gasteiger partial charge in [-0.3, -0.25) is 0 Å². The molecule has 2 spiro atoms. The minimum atomic E-state index is -1.14. The lowest BCUT2D eigenvalue weighted by Gasteiger charge is -2.60. The van der Waals surface area contributed by atoms with Crippen molar-refractivity contribution in [3.63, 3.8) is 0 Å². The summed E-state index contributed by atoms with van der Waals surface area (Å²) >= 11 is 0. The SMILES string of the molecule is CCC(C)P1OCC2(CCCC34COP(OC3)OC42)CO1. The average molecular weight is 334 g/mol. The molecule has 0 amide bonds. The fourth-order valence-electron chi connectivity index (χ4n) is 3.97. The second kappa shape index (κ2) is 5.63. The maximum atomic E-state index is 6.17. The zero-order valence-corrected chi connectivity index (χ0v) is 14.5. The van der Waals surface area contributed by atoms with Crippen molar-refractivity contribution in [2.75, 3.05) is 26.4 Å². The Balaban J connectivity index is 1.53. The lowest BCUT2D eigenvalue weighted by Crippen LogP contribution is -2.63. The maximum Gasteiger partial charge on any atom is 0.333 e. The van der Waals surface area contributed by atoms with Crippen LogP contribution in [0.1, 0.15) is 39.5 Å². The third-order valence-corrected chi connectivity index (χ3v) is 8.39.